The van der Waals surface area contributed by atoms with Gasteiger partial charge in [-0.2, -0.15) is 5.26 Å². The standard InChI is InChI=1S/C13H12N4O2/c14-5-13(6-19-7-13)12(18)15-4-9-1-2-10-11(3-9)17-8-16-10/h1-3,8H,4,6-7H2,(H,15,18)(H,16,17). The zero-order valence-electron chi connectivity index (χ0n) is 10.1. The number of fused-ring (bicyclic) bond motifs is 1. The average Bonchev–Trinajstić information content (AvgIpc) is 2.83. The molecule has 2 heterocycles. The predicted octanol–water partition coefficient (Wildman–Crippen LogP) is 0.719. The molecular weight excluding hydrogens is 244 g/mol. The summed E-state index contributed by atoms with van der Waals surface area (Å²) in [5.41, 5.74) is 1.76. The molecule has 6 heteroatoms. The topological polar surface area (TPSA) is 90.8 Å². The van der Waals surface area contributed by atoms with E-state index in [0.29, 0.717) is 6.54 Å². The second-order valence-corrected chi connectivity index (χ2v) is 4.62. The summed E-state index contributed by atoms with van der Waals surface area (Å²) in [6, 6.07) is 7.74. The summed E-state index contributed by atoms with van der Waals surface area (Å²) < 4.78 is 4.95. The first-order chi connectivity index (χ1) is 9.23. The summed E-state index contributed by atoms with van der Waals surface area (Å²) >= 11 is 0. The normalized spacial score (nSPS) is 16.6. The molecule has 0 bridgehead atoms. The Labute approximate surface area is 109 Å². The van der Waals surface area contributed by atoms with Gasteiger partial charge >= 0.3 is 0 Å². The number of rotatable bonds is 3. The number of hydrogen-bond acceptors (Lipinski definition) is 4. The highest BCUT2D eigenvalue weighted by Gasteiger charge is 2.46. The maximum absolute atomic E-state index is 11.9. The molecule has 1 amide bonds. The summed E-state index contributed by atoms with van der Waals surface area (Å²) in [5, 5.41) is 11.8. The lowest BCUT2D eigenvalue weighted by Gasteiger charge is -2.33. The summed E-state index contributed by atoms with van der Waals surface area (Å²) in [6.07, 6.45) is 1.63. The Hall–Kier alpha value is -2.39. The monoisotopic (exact) mass is 256 g/mol. The molecule has 2 aromatic rings. The number of nitrogens with zero attached hydrogens (tertiary/aromatic N) is 2. The molecule has 0 unspecified atom stereocenters. The van der Waals surface area contributed by atoms with Gasteiger partial charge in [0.2, 0.25) is 5.91 Å². The number of amides is 1. The number of nitrogens with one attached hydrogen (secondary N) is 2. The minimum Gasteiger partial charge on any atom is -0.377 e. The maximum atomic E-state index is 11.9. The van der Waals surface area contributed by atoms with E-state index in [4.69, 9.17) is 10.00 Å². The highest BCUT2D eigenvalue weighted by atomic mass is 16.5. The van der Waals surface area contributed by atoms with Gasteiger partial charge in [-0.05, 0) is 17.7 Å². The second-order valence-electron chi connectivity index (χ2n) is 4.62. The number of imidazole rings is 1. The van der Waals surface area contributed by atoms with Crippen LogP contribution in [0.3, 0.4) is 0 Å². The molecule has 1 saturated heterocycles. The third-order valence-corrected chi connectivity index (χ3v) is 3.28. The van der Waals surface area contributed by atoms with E-state index in [-0.39, 0.29) is 19.1 Å². The Bertz CT molecular complexity index is 667. The molecule has 2 N–H and O–H groups in total. The van der Waals surface area contributed by atoms with E-state index in [1.165, 1.54) is 0 Å². The molecule has 1 aliphatic heterocycles. The van der Waals surface area contributed by atoms with Crippen molar-refractivity contribution in [2.75, 3.05) is 13.2 Å². The number of nitriles is 1. The molecule has 1 fully saturated rings. The number of aromatic amines is 1. The van der Waals surface area contributed by atoms with E-state index in [0.717, 1.165) is 16.6 Å². The lowest BCUT2D eigenvalue weighted by Crippen LogP contribution is -2.52. The molecular formula is C13H12N4O2. The van der Waals surface area contributed by atoms with Crippen LogP contribution in [-0.4, -0.2) is 29.1 Å². The summed E-state index contributed by atoms with van der Waals surface area (Å²) in [5.74, 6) is -0.272. The number of ether oxygens (including phenoxy) is 1. The van der Waals surface area contributed by atoms with Crippen molar-refractivity contribution in [3.8, 4) is 6.07 Å². The van der Waals surface area contributed by atoms with Crippen LogP contribution in [0.25, 0.3) is 11.0 Å². The van der Waals surface area contributed by atoms with Crippen LogP contribution in [0.5, 0.6) is 0 Å². The van der Waals surface area contributed by atoms with Gasteiger partial charge in [0.15, 0.2) is 5.41 Å². The van der Waals surface area contributed by atoms with Crippen molar-refractivity contribution >= 4 is 16.9 Å². The van der Waals surface area contributed by atoms with Gasteiger partial charge in [-0.1, -0.05) is 6.07 Å². The van der Waals surface area contributed by atoms with Crippen LogP contribution in [0.2, 0.25) is 0 Å². The smallest absolute Gasteiger partial charge is 0.245 e. The van der Waals surface area contributed by atoms with Crippen molar-refractivity contribution < 1.29 is 9.53 Å². The van der Waals surface area contributed by atoms with Gasteiger partial charge in [0, 0.05) is 6.54 Å². The minimum atomic E-state index is -1.00. The molecule has 0 atom stereocenters. The number of carbonyl (C=O) groups excluding carboxylic acids is 1. The number of benzene rings is 1. The Morgan fingerprint density at radius 1 is 1.58 bits per heavy atom. The Kier molecular flexibility index (Phi) is 2.69. The van der Waals surface area contributed by atoms with Crippen molar-refractivity contribution in [3.63, 3.8) is 0 Å². The molecule has 96 valence electrons. The van der Waals surface area contributed by atoms with Crippen molar-refractivity contribution in [2.45, 2.75) is 6.54 Å². The maximum Gasteiger partial charge on any atom is 0.245 e. The van der Waals surface area contributed by atoms with Gasteiger partial charge in [0.25, 0.3) is 0 Å². The number of carbonyl (C=O) groups is 1. The molecule has 1 aliphatic rings. The van der Waals surface area contributed by atoms with E-state index >= 15 is 0 Å². The minimum absolute atomic E-state index is 0.176. The third kappa shape index (κ3) is 1.94. The van der Waals surface area contributed by atoms with E-state index in [1.807, 2.05) is 24.3 Å². The van der Waals surface area contributed by atoms with Crippen molar-refractivity contribution in [1.29, 1.82) is 5.26 Å². The van der Waals surface area contributed by atoms with Crippen LogP contribution in [0.15, 0.2) is 24.5 Å². The Balaban J connectivity index is 1.69. The summed E-state index contributed by atoms with van der Waals surface area (Å²) in [7, 11) is 0. The van der Waals surface area contributed by atoms with Gasteiger partial charge in [-0.15, -0.1) is 0 Å². The van der Waals surface area contributed by atoms with E-state index in [2.05, 4.69) is 15.3 Å². The Morgan fingerprint density at radius 2 is 2.42 bits per heavy atom. The molecule has 1 aromatic heterocycles. The van der Waals surface area contributed by atoms with E-state index in [9.17, 15) is 4.79 Å². The number of H-pyrrole nitrogens is 1. The molecule has 0 radical (unpaired) electrons. The van der Waals surface area contributed by atoms with Gasteiger partial charge < -0.3 is 15.0 Å². The molecule has 3 rings (SSSR count). The number of hydrogen-bond donors (Lipinski definition) is 2. The van der Waals surface area contributed by atoms with E-state index in [1.54, 1.807) is 6.33 Å². The zero-order valence-corrected chi connectivity index (χ0v) is 10.1. The Morgan fingerprint density at radius 3 is 3.11 bits per heavy atom. The van der Waals surface area contributed by atoms with Crippen LogP contribution >= 0.6 is 0 Å². The highest BCUT2D eigenvalue weighted by molar-refractivity contribution is 5.86. The lowest BCUT2D eigenvalue weighted by molar-refractivity contribution is -0.150. The fourth-order valence-electron chi connectivity index (χ4n) is 2.00. The fraction of sp³-hybridized carbons (Fsp3) is 0.308. The van der Waals surface area contributed by atoms with Crippen molar-refractivity contribution in [2.24, 2.45) is 5.41 Å². The largest absolute Gasteiger partial charge is 0.377 e. The van der Waals surface area contributed by atoms with Crippen molar-refractivity contribution in [1.82, 2.24) is 15.3 Å². The van der Waals surface area contributed by atoms with Crippen LogP contribution in [0.4, 0.5) is 0 Å². The van der Waals surface area contributed by atoms with Crippen molar-refractivity contribution in [3.05, 3.63) is 30.1 Å². The third-order valence-electron chi connectivity index (χ3n) is 3.28. The van der Waals surface area contributed by atoms with Crippen LogP contribution in [0.1, 0.15) is 5.56 Å². The quantitative estimate of drug-likeness (QED) is 0.846. The van der Waals surface area contributed by atoms with Gasteiger partial charge in [0.1, 0.15) is 0 Å². The summed E-state index contributed by atoms with van der Waals surface area (Å²) in [6.45, 7) is 0.737. The lowest BCUT2D eigenvalue weighted by atomic mass is 9.87. The highest BCUT2D eigenvalue weighted by Crippen LogP contribution is 2.26. The number of aromatic nitrogens is 2. The molecule has 6 nitrogen and oxygen atoms in total. The van der Waals surface area contributed by atoms with Crippen LogP contribution < -0.4 is 5.32 Å². The zero-order chi connectivity index (χ0) is 13.3. The van der Waals surface area contributed by atoms with Crippen LogP contribution in [0, 0.1) is 16.7 Å². The van der Waals surface area contributed by atoms with Gasteiger partial charge in [-0.3, -0.25) is 4.79 Å². The average molecular weight is 256 g/mol. The molecule has 0 spiro atoms. The van der Waals surface area contributed by atoms with Crippen LogP contribution in [-0.2, 0) is 16.1 Å². The first-order valence-corrected chi connectivity index (χ1v) is 5.93. The van der Waals surface area contributed by atoms with Gasteiger partial charge in [0.05, 0.1) is 36.6 Å². The molecule has 19 heavy (non-hydrogen) atoms. The molecule has 0 aliphatic carbocycles. The van der Waals surface area contributed by atoms with E-state index < -0.39 is 5.41 Å². The first kappa shape index (κ1) is 11.7. The molecule has 1 aromatic carbocycles. The van der Waals surface area contributed by atoms with Gasteiger partial charge in [-0.25, -0.2) is 4.98 Å². The predicted molar refractivity (Wildman–Crippen MR) is 66.8 cm³/mol. The SMILES string of the molecule is N#CC1(C(=O)NCc2ccc3nc[nH]c3c2)COC1. The summed E-state index contributed by atoms with van der Waals surface area (Å²) in [4.78, 5) is 19.1. The first-order valence-electron chi connectivity index (χ1n) is 5.93. The fourth-order valence-corrected chi connectivity index (χ4v) is 2.00. The second kappa shape index (κ2) is 4.37. The molecule has 0 saturated carbocycles.